The number of unbranched alkanes of at least 4 members (excludes halogenated alkanes) is 4. The molecule has 2 N–H and O–H groups in total. The molecule has 2 rings (SSSR count). The Morgan fingerprint density at radius 2 is 0.897 bits per heavy atom. The van der Waals surface area contributed by atoms with Crippen LogP contribution in [0.2, 0.25) is 0 Å². The summed E-state index contributed by atoms with van der Waals surface area (Å²) in [6.07, 6.45) is 12.4. The fourth-order valence-electron chi connectivity index (χ4n) is 5.52. The molecule has 0 saturated carbocycles. The lowest BCUT2D eigenvalue weighted by molar-refractivity contribution is 0.418. The number of hydrogen-bond acceptors (Lipinski definition) is 2. The summed E-state index contributed by atoms with van der Waals surface area (Å²) in [5.41, 5.74) is 7.23. The Hall–Kier alpha value is -1.96. The van der Waals surface area contributed by atoms with E-state index in [0.717, 1.165) is 60.8 Å². The van der Waals surface area contributed by atoms with Gasteiger partial charge in [-0.05, 0) is 96.3 Å². The topological polar surface area (TPSA) is 40.5 Å². The van der Waals surface area contributed by atoms with E-state index in [0.29, 0.717) is 23.3 Å². The molecular formula is C37H60O2. The molecule has 2 nitrogen and oxygen atoms in total. The van der Waals surface area contributed by atoms with Crippen molar-refractivity contribution in [3.63, 3.8) is 0 Å². The fourth-order valence-corrected chi connectivity index (χ4v) is 5.52. The predicted molar refractivity (Wildman–Crippen MR) is 171 cm³/mol. The van der Waals surface area contributed by atoms with Gasteiger partial charge in [0.05, 0.1) is 0 Å². The number of aromatic hydroxyl groups is 2. The van der Waals surface area contributed by atoms with Crippen LogP contribution >= 0.6 is 0 Å². The molecule has 2 unspecified atom stereocenters. The molecule has 0 saturated heterocycles. The number of phenolic OH excluding ortho intramolecular Hbond substituents is 2. The van der Waals surface area contributed by atoms with Crippen LogP contribution in [0.15, 0.2) is 24.3 Å². The minimum absolute atomic E-state index is 0.0163. The highest BCUT2D eigenvalue weighted by Crippen LogP contribution is 2.41. The summed E-state index contributed by atoms with van der Waals surface area (Å²) < 4.78 is 0. The molecular weight excluding hydrogens is 476 g/mol. The standard InChI is InChI=1S/C37H60O2/c1-11-26(5)30-22-28(24-32(34(30)38)36(7,8)13-3)20-18-16-15-17-19-21-29-23-31(27(6)12-2)35(39)33(25-29)37(9,10)14-4/h22-27,38-39H,11-21H2,1-10H3. The Kier molecular flexibility index (Phi) is 12.5. The van der Waals surface area contributed by atoms with Gasteiger partial charge >= 0.3 is 0 Å². The zero-order valence-corrected chi connectivity index (χ0v) is 27.1. The Bertz CT molecular complexity index is 962. The van der Waals surface area contributed by atoms with E-state index in [1.54, 1.807) is 0 Å². The predicted octanol–water partition coefficient (Wildman–Crippen LogP) is 11.2. The second-order valence-corrected chi connectivity index (χ2v) is 13.5. The molecule has 2 aromatic rings. The molecule has 39 heavy (non-hydrogen) atoms. The highest BCUT2D eigenvalue weighted by Gasteiger charge is 2.26. The lowest BCUT2D eigenvalue weighted by Gasteiger charge is -2.28. The van der Waals surface area contributed by atoms with Crippen LogP contribution in [0.5, 0.6) is 11.5 Å². The molecule has 2 heteroatoms. The molecule has 0 aliphatic carbocycles. The first-order valence-corrected chi connectivity index (χ1v) is 16.0. The molecule has 0 bridgehead atoms. The number of phenols is 2. The summed E-state index contributed by atoms with van der Waals surface area (Å²) >= 11 is 0. The lowest BCUT2D eigenvalue weighted by Crippen LogP contribution is -2.17. The van der Waals surface area contributed by atoms with Crippen molar-refractivity contribution >= 4 is 0 Å². The van der Waals surface area contributed by atoms with Crippen molar-refractivity contribution in [3.05, 3.63) is 57.6 Å². The molecule has 0 fully saturated rings. The summed E-state index contributed by atoms with van der Waals surface area (Å²) in [5.74, 6) is 1.80. The van der Waals surface area contributed by atoms with Crippen molar-refractivity contribution in [2.45, 2.75) is 163 Å². The maximum Gasteiger partial charge on any atom is 0.122 e. The van der Waals surface area contributed by atoms with Crippen molar-refractivity contribution in [1.29, 1.82) is 0 Å². The Morgan fingerprint density at radius 1 is 0.564 bits per heavy atom. The summed E-state index contributed by atoms with van der Waals surface area (Å²) in [4.78, 5) is 0. The normalized spacial score (nSPS) is 14.0. The molecule has 2 atom stereocenters. The average Bonchev–Trinajstić information content (AvgIpc) is 2.92. The molecule has 220 valence electrons. The minimum atomic E-state index is -0.0163. The first kappa shape index (κ1) is 33.2. The Labute approximate surface area is 241 Å². The smallest absolute Gasteiger partial charge is 0.122 e. The van der Waals surface area contributed by atoms with Crippen LogP contribution in [0.1, 0.15) is 172 Å². The number of rotatable bonds is 16. The van der Waals surface area contributed by atoms with Crippen LogP contribution < -0.4 is 0 Å². The van der Waals surface area contributed by atoms with E-state index in [4.69, 9.17) is 0 Å². The molecule has 0 aliphatic rings. The van der Waals surface area contributed by atoms with Gasteiger partial charge in [-0.2, -0.15) is 0 Å². The van der Waals surface area contributed by atoms with Gasteiger partial charge in [0.1, 0.15) is 11.5 Å². The van der Waals surface area contributed by atoms with Crippen molar-refractivity contribution in [2.24, 2.45) is 0 Å². The third kappa shape index (κ3) is 8.51. The van der Waals surface area contributed by atoms with Gasteiger partial charge in [0, 0.05) is 11.1 Å². The molecule has 0 heterocycles. The largest absolute Gasteiger partial charge is 0.507 e. The highest BCUT2D eigenvalue weighted by atomic mass is 16.3. The second kappa shape index (κ2) is 14.6. The number of hydrogen-bond donors (Lipinski definition) is 2. The van der Waals surface area contributed by atoms with E-state index in [2.05, 4.69) is 93.5 Å². The van der Waals surface area contributed by atoms with Crippen molar-refractivity contribution < 1.29 is 10.2 Å². The zero-order chi connectivity index (χ0) is 29.4. The van der Waals surface area contributed by atoms with E-state index >= 15 is 0 Å². The Balaban J connectivity index is 1.99. The van der Waals surface area contributed by atoms with Gasteiger partial charge in [-0.25, -0.2) is 0 Å². The molecule has 0 spiro atoms. The minimum Gasteiger partial charge on any atom is -0.507 e. The molecule has 0 amide bonds. The molecule has 0 radical (unpaired) electrons. The molecule has 0 aliphatic heterocycles. The highest BCUT2D eigenvalue weighted by molar-refractivity contribution is 5.50. The summed E-state index contributed by atoms with van der Waals surface area (Å²) in [6, 6.07) is 9.10. The molecule has 2 aromatic carbocycles. The lowest BCUT2D eigenvalue weighted by atomic mass is 9.78. The average molecular weight is 537 g/mol. The van der Waals surface area contributed by atoms with Gasteiger partial charge in [0.2, 0.25) is 0 Å². The SMILES string of the molecule is CCC(C)c1cc(CCCCCCCc2cc(C(C)CC)c(O)c(C(C)(C)CC)c2)cc(C(C)(C)CC)c1O. The van der Waals surface area contributed by atoms with Crippen LogP contribution in [0, 0.1) is 0 Å². The van der Waals surface area contributed by atoms with E-state index in [1.807, 2.05) is 0 Å². The summed E-state index contributed by atoms with van der Waals surface area (Å²) in [5, 5.41) is 22.2. The zero-order valence-electron chi connectivity index (χ0n) is 27.1. The monoisotopic (exact) mass is 536 g/mol. The van der Waals surface area contributed by atoms with Gasteiger partial charge in [0.15, 0.2) is 0 Å². The molecule has 0 aromatic heterocycles. The first-order chi connectivity index (χ1) is 18.3. The van der Waals surface area contributed by atoms with Crippen LogP contribution in [0.3, 0.4) is 0 Å². The number of aryl methyl sites for hydroxylation is 2. The van der Waals surface area contributed by atoms with Crippen LogP contribution in [-0.2, 0) is 23.7 Å². The number of benzene rings is 2. The van der Waals surface area contributed by atoms with Gasteiger partial charge in [0.25, 0.3) is 0 Å². The van der Waals surface area contributed by atoms with E-state index in [-0.39, 0.29) is 10.8 Å². The Morgan fingerprint density at radius 3 is 1.21 bits per heavy atom. The van der Waals surface area contributed by atoms with Gasteiger partial charge in [-0.3, -0.25) is 0 Å². The summed E-state index contributed by atoms with van der Waals surface area (Å²) in [6.45, 7) is 22.3. The van der Waals surface area contributed by atoms with Crippen LogP contribution in [-0.4, -0.2) is 10.2 Å². The van der Waals surface area contributed by atoms with Gasteiger partial charge in [-0.1, -0.05) is 113 Å². The van der Waals surface area contributed by atoms with Crippen LogP contribution in [0.25, 0.3) is 0 Å². The fraction of sp³-hybridized carbons (Fsp3) is 0.676. The van der Waals surface area contributed by atoms with E-state index in [1.165, 1.54) is 43.2 Å². The van der Waals surface area contributed by atoms with E-state index in [9.17, 15) is 10.2 Å². The second-order valence-electron chi connectivity index (χ2n) is 13.5. The van der Waals surface area contributed by atoms with Gasteiger partial charge in [-0.15, -0.1) is 0 Å². The van der Waals surface area contributed by atoms with Crippen LogP contribution in [0.4, 0.5) is 0 Å². The van der Waals surface area contributed by atoms with Crippen molar-refractivity contribution in [1.82, 2.24) is 0 Å². The maximum absolute atomic E-state index is 11.1. The van der Waals surface area contributed by atoms with E-state index < -0.39 is 0 Å². The van der Waals surface area contributed by atoms with Crippen molar-refractivity contribution in [3.8, 4) is 11.5 Å². The first-order valence-electron chi connectivity index (χ1n) is 16.0. The quantitative estimate of drug-likeness (QED) is 0.209. The maximum atomic E-state index is 11.1. The third-order valence-corrected chi connectivity index (χ3v) is 9.84. The van der Waals surface area contributed by atoms with Gasteiger partial charge < -0.3 is 10.2 Å². The van der Waals surface area contributed by atoms with Crippen molar-refractivity contribution in [2.75, 3.05) is 0 Å². The third-order valence-electron chi connectivity index (χ3n) is 9.84. The summed E-state index contributed by atoms with van der Waals surface area (Å²) in [7, 11) is 0.